The standard InChI is InChI=1S/C13H17NO2/c1-2-13(15)14-9-10-5-6-12-11(8-10)4-3-7-16-12/h5-6,8H,2-4,7,9H2,1H3,(H,14,15). The van der Waals surface area contributed by atoms with Gasteiger partial charge < -0.3 is 10.1 Å². The molecule has 0 atom stereocenters. The Bertz CT molecular complexity index is 388. The number of ether oxygens (including phenoxy) is 1. The van der Waals surface area contributed by atoms with Crippen LogP contribution in [0.3, 0.4) is 0 Å². The van der Waals surface area contributed by atoms with E-state index >= 15 is 0 Å². The minimum absolute atomic E-state index is 0.0916. The van der Waals surface area contributed by atoms with Crippen molar-refractivity contribution in [1.29, 1.82) is 0 Å². The summed E-state index contributed by atoms with van der Waals surface area (Å²) in [6.07, 6.45) is 2.69. The fourth-order valence-electron chi connectivity index (χ4n) is 1.85. The summed E-state index contributed by atoms with van der Waals surface area (Å²) in [4.78, 5) is 11.1. The predicted molar refractivity (Wildman–Crippen MR) is 62.4 cm³/mol. The van der Waals surface area contributed by atoms with Gasteiger partial charge in [0.05, 0.1) is 6.61 Å². The first kappa shape index (κ1) is 11.0. The van der Waals surface area contributed by atoms with Crippen LogP contribution in [0.15, 0.2) is 18.2 Å². The number of benzene rings is 1. The summed E-state index contributed by atoms with van der Waals surface area (Å²) in [5, 5.41) is 2.88. The third kappa shape index (κ3) is 2.54. The first-order valence-electron chi connectivity index (χ1n) is 5.81. The first-order chi connectivity index (χ1) is 7.79. The van der Waals surface area contributed by atoms with Gasteiger partial charge in [0.25, 0.3) is 0 Å². The second-order valence-electron chi connectivity index (χ2n) is 4.02. The van der Waals surface area contributed by atoms with Gasteiger partial charge in [0.2, 0.25) is 5.91 Å². The lowest BCUT2D eigenvalue weighted by Gasteiger charge is -2.17. The van der Waals surface area contributed by atoms with E-state index in [0.29, 0.717) is 13.0 Å². The predicted octanol–water partition coefficient (Wildman–Crippen LogP) is 2.04. The molecule has 1 heterocycles. The highest BCUT2D eigenvalue weighted by atomic mass is 16.5. The second kappa shape index (κ2) is 5.01. The quantitative estimate of drug-likeness (QED) is 0.844. The number of aryl methyl sites for hydroxylation is 1. The van der Waals surface area contributed by atoms with Crippen LogP contribution < -0.4 is 10.1 Å². The summed E-state index contributed by atoms with van der Waals surface area (Å²) in [7, 11) is 0. The summed E-state index contributed by atoms with van der Waals surface area (Å²) >= 11 is 0. The van der Waals surface area contributed by atoms with Gasteiger partial charge in [-0.3, -0.25) is 4.79 Å². The van der Waals surface area contributed by atoms with Crippen molar-refractivity contribution in [2.24, 2.45) is 0 Å². The van der Waals surface area contributed by atoms with Crippen LogP contribution >= 0.6 is 0 Å². The Morgan fingerprint density at radius 3 is 3.19 bits per heavy atom. The van der Waals surface area contributed by atoms with Crippen LogP contribution in [0.1, 0.15) is 30.9 Å². The number of carbonyl (C=O) groups excluding carboxylic acids is 1. The molecule has 16 heavy (non-hydrogen) atoms. The molecule has 0 aromatic heterocycles. The molecule has 2 rings (SSSR count). The van der Waals surface area contributed by atoms with Gasteiger partial charge in [-0.25, -0.2) is 0 Å². The van der Waals surface area contributed by atoms with Crippen LogP contribution in [-0.4, -0.2) is 12.5 Å². The molecule has 0 aliphatic carbocycles. The van der Waals surface area contributed by atoms with Gasteiger partial charge >= 0.3 is 0 Å². The second-order valence-corrected chi connectivity index (χ2v) is 4.02. The van der Waals surface area contributed by atoms with Crippen molar-refractivity contribution in [3.63, 3.8) is 0 Å². The molecule has 0 bridgehead atoms. The van der Waals surface area contributed by atoms with E-state index in [1.54, 1.807) is 0 Å². The van der Waals surface area contributed by atoms with E-state index in [-0.39, 0.29) is 5.91 Å². The van der Waals surface area contributed by atoms with E-state index in [4.69, 9.17) is 4.74 Å². The molecular formula is C13H17NO2. The highest BCUT2D eigenvalue weighted by molar-refractivity contribution is 5.75. The first-order valence-corrected chi connectivity index (χ1v) is 5.81. The number of amides is 1. The van der Waals surface area contributed by atoms with E-state index in [9.17, 15) is 4.79 Å². The van der Waals surface area contributed by atoms with Gasteiger partial charge in [0.1, 0.15) is 5.75 Å². The molecule has 0 saturated heterocycles. The zero-order valence-corrected chi connectivity index (χ0v) is 9.58. The molecular weight excluding hydrogens is 202 g/mol. The zero-order chi connectivity index (χ0) is 11.4. The summed E-state index contributed by atoms with van der Waals surface area (Å²) in [5.41, 5.74) is 2.40. The van der Waals surface area contributed by atoms with Gasteiger partial charge in [0.15, 0.2) is 0 Å². The maximum Gasteiger partial charge on any atom is 0.219 e. The van der Waals surface area contributed by atoms with E-state index in [1.807, 2.05) is 19.1 Å². The smallest absolute Gasteiger partial charge is 0.219 e. The SMILES string of the molecule is CCC(=O)NCc1ccc2c(c1)CCCO2. The Balaban J connectivity index is 2.03. The fraction of sp³-hybridized carbons (Fsp3) is 0.462. The lowest BCUT2D eigenvalue weighted by molar-refractivity contribution is -0.120. The van der Waals surface area contributed by atoms with Gasteiger partial charge in [-0.1, -0.05) is 19.1 Å². The monoisotopic (exact) mass is 219 g/mol. The van der Waals surface area contributed by atoms with Crippen molar-refractivity contribution in [2.75, 3.05) is 6.61 Å². The Morgan fingerprint density at radius 1 is 1.50 bits per heavy atom. The Hall–Kier alpha value is -1.51. The molecule has 3 nitrogen and oxygen atoms in total. The van der Waals surface area contributed by atoms with Crippen LogP contribution in [-0.2, 0) is 17.8 Å². The largest absolute Gasteiger partial charge is 0.493 e. The maximum atomic E-state index is 11.1. The minimum Gasteiger partial charge on any atom is -0.493 e. The normalized spacial score (nSPS) is 13.8. The van der Waals surface area contributed by atoms with Crippen molar-refractivity contribution >= 4 is 5.91 Å². The third-order valence-corrected chi connectivity index (χ3v) is 2.78. The molecule has 1 aromatic rings. The van der Waals surface area contributed by atoms with Gasteiger partial charge in [-0.15, -0.1) is 0 Å². The van der Waals surface area contributed by atoms with Crippen molar-refractivity contribution < 1.29 is 9.53 Å². The number of fused-ring (bicyclic) bond motifs is 1. The van der Waals surface area contributed by atoms with E-state index in [1.165, 1.54) is 5.56 Å². The third-order valence-electron chi connectivity index (χ3n) is 2.78. The van der Waals surface area contributed by atoms with Gasteiger partial charge in [-0.2, -0.15) is 0 Å². The molecule has 1 N–H and O–H groups in total. The summed E-state index contributed by atoms with van der Waals surface area (Å²) < 4.78 is 5.54. The molecule has 0 spiro atoms. The topological polar surface area (TPSA) is 38.3 Å². The molecule has 1 aromatic carbocycles. The highest BCUT2D eigenvalue weighted by Crippen LogP contribution is 2.25. The molecule has 3 heteroatoms. The van der Waals surface area contributed by atoms with E-state index in [0.717, 1.165) is 30.8 Å². The van der Waals surface area contributed by atoms with Crippen molar-refractivity contribution in [3.8, 4) is 5.75 Å². The number of hydrogen-bond donors (Lipinski definition) is 1. The van der Waals surface area contributed by atoms with Crippen molar-refractivity contribution in [2.45, 2.75) is 32.7 Å². The van der Waals surface area contributed by atoms with E-state index in [2.05, 4.69) is 11.4 Å². The van der Waals surface area contributed by atoms with Crippen molar-refractivity contribution in [3.05, 3.63) is 29.3 Å². The molecule has 0 radical (unpaired) electrons. The average molecular weight is 219 g/mol. The van der Waals surface area contributed by atoms with E-state index < -0.39 is 0 Å². The number of rotatable bonds is 3. The minimum atomic E-state index is 0.0916. The molecule has 0 unspecified atom stereocenters. The molecule has 1 amide bonds. The van der Waals surface area contributed by atoms with Gasteiger partial charge in [-0.05, 0) is 30.0 Å². The molecule has 0 fully saturated rings. The number of hydrogen-bond acceptors (Lipinski definition) is 2. The summed E-state index contributed by atoms with van der Waals surface area (Å²) in [6, 6.07) is 6.15. The molecule has 0 saturated carbocycles. The summed E-state index contributed by atoms with van der Waals surface area (Å²) in [6.45, 7) is 3.29. The lowest BCUT2D eigenvalue weighted by atomic mass is 10.0. The average Bonchev–Trinajstić information content (AvgIpc) is 2.35. The summed E-state index contributed by atoms with van der Waals surface area (Å²) in [5.74, 6) is 1.09. The number of nitrogens with one attached hydrogen (secondary N) is 1. The highest BCUT2D eigenvalue weighted by Gasteiger charge is 2.10. The van der Waals surface area contributed by atoms with Crippen LogP contribution in [0.2, 0.25) is 0 Å². The van der Waals surface area contributed by atoms with Crippen LogP contribution in [0.25, 0.3) is 0 Å². The fourth-order valence-corrected chi connectivity index (χ4v) is 1.85. The molecule has 86 valence electrons. The Labute approximate surface area is 95.8 Å². The van der Waals surface area contributed by atoms with Crippen molar-refractivity contribution in [1.82, 2.24) is 5.32 Å². The van der Waals surface area contributed by atoms with Crippen LogP contribution in [0.5, 0.6) is 5.75 Å². The molecule has 1 aliphatic heterocycles. The lowest BCUT2D eigenvalue weighted by Crippen LogP contribution is -2.21. The maximum absolute atomic E-state index is 11.1. The Kier molecular flexibility index (Phi) is 3.44. The number of carbonyl (C=O) groups is 1. The van der Waals surface area contributed by atoms with Gasteiger partial charge in [0, 0.05) is 13.0 Å². The van der Waals surface area contributed by atoms with Crippen LogP contribution in [0.4, 0.5) is 0 Å². The Morgan fingerprint density at radius 2 is 2.38 bits per heavy atom. The molecule has 1 aliphatic rings. The zero-order valence-electron chi connectivity index (χ0n) is 9.58. The van der Waals surface area contributed by atoms with Crippen LogP contribution in [0, 0.1) is 0 Å².